The van der Waals surface area contributed by atoms with E-state index in [1.54, 1.807) is 13.3 Å². The number of benzene rings is 1. The number of hydrogen-bond acceptors (Lipinski definition) is 5. The zero-order valence-corrected chi connectivity index (χ0v) is 21.6. The highest BCUT2D eigenvalue weighted by atomic mass is 19.1. The first kappa shape index (κ1) is 23.7. The van der Waals surface area contributed by atoms with Crippen molar-refractivity contribution in [1.29, 1.82) is 0 Å². The Morgan fingerprint density at radius 3 is 2.68 bits per heavy atom. The van der Waals surface area contributed by atoms with Crippen LogP contribution in [-0.2, 0) is 0 Å². The molecule has 0 bridgehead atoms. The zero-order valence-electron chi connectivity index (χ0n) is 21.6. The summed E-state index contributed by atoms with van der Waals surface area (Å²) in [6, 6.07) is 11.0. The summed E-state index contributed by atoms with van der Waals surface area (Å²) in [6.45, 7) is 2.13. The number of aromatic nitrogens is 5. The van der Waals surface area contributed by atoms with Gasteiger partial charge < -0.3 is 14.6 Å². The lowest BCUT2D eigenvalue weighted by Crippen LogP contribution is -2.08. The number of aromatic amines is 2. The number of fused-ring (bicyclic) bond motifs is 2. The number of H-pyrrole nitrogens is 2. The monoisotopic (exact) mass is 506 g/mol. The predicted molar refractivity (Wildman–Crippen MR) is 149 cm³/mol. The van der Waals surface area contributed by atoms with Crippen LogP contribution in [0.1, 0.15) is 29.7 Å². The lowest BCUT2D eigenvalue weighted by Gasteiger charge is -2.12. The Bertz CT molecular complexity index is 1730. The van der Waals surface area contributed by atoms with Gasteiger partial charge in [-0.2, -0.15) is 5.10 Å². The van der Waals surface area contributed by atoms with Gasteiger partial charge in [0.15, 0.2) is 0 Å². The van der Waals surface area contributed by atoms with E-state index in [9.17, 15) is 4.39 Å². The second kappa shape index (κ2) is 9.30. The molecule has 0 radical (unpaired) electrons. The molecule has 0 fully saturated rings. The Hall–Kier alpha value is -4.72. The molecule has 1 aliphatic carbocycles. The summed E-state index contributed by atoms with van der Waals surface area (Å²) in [5.41, 5.74) is 8.94. The lowest BCUT2D eigenvalue weighted by molar-refractivity contribution is 0.411. The molecule has 4 heterocycles. The summed E-state index contributed by atoms with van der Waals surface area (Å²) < 4.78 is 19.7. The molecule has 190 valence electrons. The van der Waals surface area contributed by atoms with Gasteiger partial charge in [0.05, 0.1) is 42.1 Å². The molecule has 38 heavy (non-hydrogen) atoms. The van der Waals surface area contributed by atoms with Gasteiger partial charge in [-0.3, -0.25) is 15.1 Å². The van der Waals surface area contributed by atoms with Gasteiger partial charge in [-0.1, -0.05) is 25.2 Å². The molecule has 4 aromatic heterocycles. The molecule has 0 unspecified atom stereocenters. The van der Waals surface area contributed by atoms with E-state index in [1.165, 1.54) is 12.1 Å². The van der Waals surface area contributed by atoms with Crippen LogP contribution in [0, 0.1) is 5.82 Å². The number of hydrogen-bond donors (Lipinski definition) is 2. The van der Waals surface area contributed by atoms with Crippen LogP contribution in [-0.4, -0.2) is 46.4 Å². The fourth-order valence-corrected chi connectivity index (χ4v) is 4.86. The van der Waals surface area contributed by atoms with Crippen molar-refractivity contribution < 1.29 is 9.13 Å². The molecule has 5 aromatic rings. The second-order valence-corrected chi connectivity index (χ2v) is 9.66. The molecular weight excluding hydrogens is 479 g/mol. The normalized spacial score (nSPS) is 14.8. The maximum absolute atomic E-state index is 14.4. The third kappa shape index (κ3) is 4.14. The van der Waals surface area contributed by atoms with E-state index in [4.69, 9.17) is 4.74 Å². The van der Waals surface area contributed by atoms with Crippen molar-refractivity contribution in [3.05, 3.63) is 95.9 Å². The topological polar surface area (TPSA) is 82.7 Å². The molecule has 0 saturated carbocycles. The third-order valence-electron chi connectivity index (χ3n) is 6.91. The summed E-state index contributed by atoms with van der Waals surface area (Å²) in [5, 5.41) is 8.70. The molecule has 1 atom stereocenters. The molecule has 8 heteroatoms. The quantitative estimate of drug-likeness (QED) is 0.291. The number of ether oxygens (including phenoxy) is 1. The van der Waals surface area contributed by atoms with Crippen molar-refractivity contribution in [2.75, 3.05) is 26.1 Å². The van der Waals surface area contributed by atoms with Crippen molar-refractivity contribution in [2.45, 2.75) is 12.8 Å². The van der Waals surface area contributed by atoms with Gasteiger partial charge in [0.2, 0.25) is 0 Å². The van der Waals surface area contributed by atoms with Crippen LogP contribution >= 0.6 is 0 Å². The summed E-state index contributed by atoms with van der Waals surface area (Å²) in [5.74, 6) is 0.265. The highest BCUT2D eigenvalue weighted by Crippen LogP contribution is 2.39. The van der Waals surface area contributed by atoms with Crippen molar-refractivity contribution in [3.8, 4) is 28.4 Å². The van der Waals surface area contributed by atoms with E-state index >= 15 is 0 Å². The smallest absolute Gasteiger partial charge is 0.127 e. The number of allylic oxidation sites excluding steroid dienone is 3. The minimum absolute atomic E-state index is 0.130. The summed E-state index contributed by atoms with van der Waals surface area (Å²) in [6.07, 6.45) is 11.6. The Balaban J connectivity index is 1.46. The van der Waals surface area contributed by atoms with E-state index in [-0.39, 0.29) is 11.7 Å². The first-order valence-corrected chi connectivity index (χ1v) is 12.3. The van der Waals surface area contributed by atoms with Crippen molar-refractivity contribution in [2.24, 2.45) is 0 Å². The first-order chi connectivity index (χ1) is 18.4. The molecule has 7 nitrogen and oxygen atoms in total. The van der Waals surface area contributed by atoms with Crippen LogP contribution in [0.2, 0.25) is 0 Å². The fourth-order valence-electron chi connectivity index (χ4n) is 4.86. The number of halogens is 1. The van der Waals surface area contributed by atoms with Gasteiger partial charge in [0, 0.05) is 54.5 Å². The number of rotatable bonds is 5. The van der Waals surface area contributed by atoms with E-state index in [1.807, 2.05) is 55.7 Å². The van der Waals surface area contributed by atoms with Crippen molar-refractivity contribution in [3.63, 3.8) is 0 Å². The van der Waals surface area contributed by atoms with Crippen LogP contribution in [0.3, 0.4) is 0 Å². The third-order valence-corrected chi connectivity index (χ3v) is 6.91. The molecule has 1 aliphatic rings. The van der Waals surface area contributed by atoms with Gasteiger partial charge in [0.1, 0.15) is 17.3 Å². The van der Waals surface area contributed by atoms with Gasteiger partial charge in [-0.15, -0.1) is 0 Å². The summed E-state index contributed by atoms with van der Waals surface area (Å²) >= 11 is 0. The number of pyridine rings is 2. The first-order valence-electron chi connectivity index (χ1n) is 12.3. The van der Waals surface area contributed by atoms with Crippen LogP contribution in [0.5, 0.6) is 5.75 Å². The maximum atomic E-state index is 14.4. The van der Waals surface area contributed by atoms with Crippen LogP contribution in [0.4, 0.5) is 10.1 Å². The number of methoxy groups -OCH3 is 1. The molecule has 0 saturated heterocycles. The lowest BCUT2D eigenvalue weighted by atomic mass is 9.95. The zero-order chi connectivity index (χ0) is 26.4. The Labute approximate surface area is 219 Å². The van der Waals surface area contributed by atoms with E-state index in [0.29, 0.717) is 5.75 Å². The summed E-state index contributed by atoms with van der Waals surface area (Å²) in [4.78, 5) is 14.7. The molecule has 0 aliphatic heterocycles. The minimum Gasteiger partial charge on any atom is -0.497 e. The standard InChI is InChI=1S/C30H27FN6O/c1-17-6-5-7-23(18-8-20(31)11-22(10-18)38-4)24-12-27(34-29(17)24)30-25-13-26(33-16-28(25)35-36-30)19-9-21(37(2)3)15-32-14-19/h5-17,34H,1-4H3,(H,35,36)/t17-/m1/s1. The van der Waals surface area contributed by atoms with E-state index in [2.05, 4.69) is 50.3 Å². The van der Waals surface area contributed by atoms with E-state index in [0.717, 1.165) is 61.6 Å². The Kier molecular flexibility index (Phi) is 5.79. The minimum atomic E-state index is -0.343. The number of nitrogens with zero attached hydrogens (tertiary/aromatic N) is 4. The SMILES string of the molecule is COc1cc(F)cc(C2=CC=C[C@@H](C)c3[nH]c(-c4n[nH]c5cnc(-c6cncc(N(C)C)c6)cc45)cc32)c1. The summed E-state index contributed by atoms with van der Waals surface area (Å²) in [7, 11) is 5.51. The maximum Gasteiger partial charge on any atom is 0.127 e. The average molecular weight is 507 g/mol. The average Bonchev–Trinajstić information content (AvgIpc) is 3.51. The van der Waals surface area contributed by atoms with E-state index < -0.39 is 0 Å². The number of nitrogens with one attached hydrogen (secondary N) is 2. The largest absolute Gasteiger partial charge is 0.497 e. The fraction of sp³-hybridized carbons (Fsp3) is 0.167. The highest BCUT2D eigenvalue weighted by molar-refractivity contribution is 5.95. The van der Waals surface area contributed by atoms with Crippen LogP contribution in [0.15, 0.2) is 73.2 Å². The Morgan fingerprint density at radius 2 is 1.87 bits per heavy atom. The second-order valence-electron chi connectivity index (χ2n) is 9.66. The van der Waals surface area contributed by atoms with Gasteiger partial charge in [0.25, 0.3) is 0 Å². The van der Waals surface area contributed by atoms with Crippen molar-refractivity contribution in [1.82, 2.24) is 25.1 Å². The van der Waals surface area contributed by atoms with Crippen LogP contribution < -0.4 is 9.64 Å². The molecule has 2 N–H and O–H groups in total. The molecule has 0 spiro atoms. The number of anilines is 1. The van der Waals surface area contributed by atoms with Gasteiger partial charge in [-0.05, 0) is 41.5 Å². The van der Waals surface area contributed by atoms with Gasteiger partial charge >= 0.3 is 0 Å². The van der Waals surface area contributed by atoms with Gasteiger partial charge in [-0.25, -0.2) is 4.39 Å². The predicted octanol–water partition coefficient (Wildman–Crippen LogP) is 6.33. The molecule has 0 amide bonds. The van der Waals surface area contributed by atoms with Crippen molar-refractivity contribution >= 4 is 22.2 Å². The molecule has 1 aromatic carbocycles. The highest BCUT2D eigenvalue weighted by Gasteiger charge is 2.22. The Morgan fingerprint density at radius 1 is 1.00 bits per heavy atom. The van der Waals surface area contributed by atoms with Crippen LogP contribution in [0.25, 0.3) is 39.1 Å². The molecule has 6 rings (SSSR count). The molecular formula is C30H27FN6O.